The van der Waals surface area contributed by atoms with Gasteiger partial charge in [-0.05, 0) is 49.6 Å². The lowest BCUT2D eigenvalue weighted by Crippen LogP contribution is -2.43. The van der Waals surface area contributed by atoms with Crippen molar-refractivity contribution in [1.29, 1.82) is 5.26 Å². The zero-order valence-electron chi connectivity index (χ0n) is 16.0. The number of halogens is 1. The van der Waals surface area contributed by atoms with Crippen LogP contribution in [0.4, 0.5) is 4.39 Å². The van der Waals surface area contributed by atoms with Crippen LogP contribution in [0.15, 0.2) is 53.4 Å². The van der Waals surface area contributed by atoms with Crippen molar-refractivity contribution < 1.29 is 17.6 Å². The van der Waals surface area contributed by atoms with Gasteiger partial charge in [-0.15, -0.1) is 0 Å². The lowest BCUT2D eigenvalue weighted by Gasteiger charge is -2.31. The molecule has 1 aliphatic heterocycles. The summed E-state index contributed by atoms with van der Waals surface area (Å²) < 4.78 is 40.1. The van der Waals surface area contributed by atoms with Crippen molar-refractivity contribution in [2.75, 3.05) is 13.1 Å². The molecule has 3 rings (SSSR count). The van der Waals surface area contributed by atoms with Crippen LogP contribution in [0.3, 0.4) is 0 Å². The molecular formula is C21H22FN3O3S. The molecule has 1 aliphatic rings. The predicted molar refractivity (Wildman–Crippen MR) is 106 cm³/mol. The number of rotatable bonds is 5. The fourth-order valence-electron chi connectivity index (χ4n) is 3.45. The Balaban J connectivity index is 1.62. The van der Waals surface area contributed by atoms with Crippen molar-refractivity contribution in [3.63, 3.8) is 0 Å². The van der Waals surface area contributed by atoms with Crippen molar-refractivity contribution in [1.82, 2.24) is 9.62 Å². The number of hydrogen-bond donors (Lipinski definition) is 1. The minimum Gasteiger partial charge on any atom is -0.349 e. The van der Waals surface area contributed by atoms with E-state index in [-0.39, 0.29) is 47.2 Å². The topological polar surface area (TPSA) is 90.3 Å². The lowest BCUT2D eigenvalue weighted by molar-refractivity contribution is -0.126. The van der Waals surface area contributed by atoms with Gasteiger partial charge in [0.25, 0.3) is 0 Å². The number of nitriles is 1. The van der Waals surface area contributed by atoms with Crippen LogP contribution in [-0.4, -0.2) is 31.7 Å². The summed E-state index contributed by atoms with van der Waals surface area (Å²) in [6, 6.07) is 13.7. The maximum Gasteiger partial charge on any atom is 0.244 e. The van der Waals surface area contributed by atoms with E-state index in [4.69, 9.17) is 0 Å². The Morgan fingerprint density at radius 2 is 1.79 bits per heavy atom. The normalized spacial score (nSPS) is 16.7. The zero-order chi connectivity index (χ0) is 21.0. The molecule has 1 amide bonds. The quantitative estimate of drug-likeness (QED) is 0.813. The summed E-state index contributed by atoms with van der Waals surface area (Å²) in [6.45, 7) is 2.25. The Morgan fingerprint density at radius 3 is 2.41 bits per heavy atom. The highest BCUT2D eigenvalue weighted by atomic mass is 32.2. The molecule has 1 fully saturated rings. The maximum absolute atomic E-state index is 13.0. The number of nitrogens with zero attached hydrogens (tertiary/aromatic N) is 2. The van der Waals surface area contributed by atoms with E-state index in [1.54, 1.807) is 24.3 Å². The maximum atomic E-state index is 13.0. The van der Waals surface area contributed by atoms with E-state index in [1.165, 1.54) is 28.6 Å². The van der Waals surface area contributed by atoms with Crippen LogP contribution in [0.2, 0.25) is 0 Å². The summed E-state index contributed by atoms with van der Waals surface area (Å²) in [5, 5.41) is 12.1. The number of carbonyl (C=O) groups excluding carboxylic acids is 1. The molecule has 1 heterocycles. The van der Waals surface area contributed by atoms with Gasteiger partial charge in [-0.1, -0.05) is 24.3 Å². The molecule has 0 aliphatic carbocycles. The average Bonchev–Trinajstić information content (AvgIpc) is 2.74. The minimum absolute atomic E-state index is 0.00432. The van der Waals surface area contributed by atoms with Crippen LogP contribution >= 0.6 is 0 Å². The zero-order valence-corrected chi connectivity index (χ0v) is 16.8. The van der Waals surface area contributed by atoms with E-state index in [9.17, 15) is 22.9 Å². The Hall–Kier alpha value is -2.76. The van der Waals surface area contributed by atoms with Crippen molar-refractivity contribution in [2.45, 2.75) is 30.7 Å². The molecule has 6 nitrogen and oxygen atoms in total. The van der Waals surface area contributed by atoms with Crippen LogP contribution in [0.25, 0.3) is 0 Å². The first-order valence-electron chi connectivity index (χ1n) is 9.38. The Morgan fingerprint density at radius 1 is 1.17 bits per heavy atom. The van der Waals surface area contributed by atoms with Crippen molar-refractivity contribution in [3.8, 4) is 6.07 Å². The Bertz CT molecular complexity index is 1020. The lowest BCUT2D eigenvalue weighted by atomic mass is 9.96. The van der Waals surface area contributed by atoms with Crippen LogP contribution in [0.5, 0.6) is 0 Å². The monoisotopic (exact) mass is 415 g/mol. The fourth-order valence-corrected chi connectivity index (χ4v) is 5.06. The minimum atomic E-state index is -3.78. The number of nitrogens with one attached hydrogen (secondary N) is 1. The molecule has 8 heteroatoms. The molecule has 0 aromatic heterocycles. The Kier molecular flexibility index (Phi) is 6.30. The fraction of sp³-hybridized carbons (Fsp3) is 0.333. The van der Waals surface area contributed by atoms with E-state index in [1.807, 2.05) is 13.0 Å². The van der Waals surface area contributed by atoms with Gasteiger partial charge in [0.05, 0.1) is 16.5 Å². The van der Waals surface area contributed by atoms with Gasteiger partial charge in [-0.25, -0.2) is 12.8 Å². The highest BCUT2D eigenvalue weighted by molar-refractivity contribution is 7.89. The molecule has 1 saturated heterocycles. The number of sulfonamides is 1. The van der Waals surface area contributed by atoms with E-state index in [0.717, 1.165) is 5.56 Å². The van der Waals surface area contributed by atoms with Gasteiger partial charge in [0, 0.05) is 19.0 Å². The number of amides is 1. The molecule has 0 spiro atoms. The van der Waals surface area contributed by atoms with E-state index >= 15 is 0 Å². The number of hydrogen-bond acceptors (Lipinski definition) is 4. The summed E-state index contributed by atoms with van der Waals surface area (Å²) >= 11 is 0. The predicted octanol–water partition coefficient (Wildman–Crippen LogP) is 2.98. The second-order valence-corrected chi connectivity index (χ2v) is 8.97. The average molecular weight is 415 g/mol. The third-order valence-electron chi connectivity index (χ3n) is 5.18. The number of carbonyl (C=O) groups is 1. The standard InChI is InChI=1S/C21H22FN3O3S/c1-15(16-6-8-19(22)9-7-16)24-21(26)17-10-12-25(13-11-17)29(27,28)20-5-3-2-4-18(20)14-23/h2-9,15,17H,10-13H2,1H3,(H,24,26)/t15-/m0/s1. The van der Waals surface area contributed by atoms with Gasteiger partial charge in [-0.2, -0.15) is 9.57 Å². The van der Waals surface area contributed by atoms with Gasteiger partial charge in [0.1, 0.15) is 11.9 Å². The van der Waals surface area contributed by atoms with Gasteiger partial charge in [0.2, 0.25) is 15.9 Å². The molecule has 0 unspecified atom stereocenters. The molecule has 0 radical (unpaired) electrons. The first-order chi connectivity index (χ1) is 13.8. The van der Waals surface area contributed by atoms with Crippen molar-refractivity contribution in [3.05, 3.63) is 65.5 Å². The molecule has 29 heavy (non-hydrogen) atoms. The molecule has 1 atom stereocenters. The van der Waals surface area contributed by atoms with E-state index in [2.05, 4.69) is 5.32 Å². The second-order valence-electron chi connectivity index (χ2n) is 7.07. The second kappa shape index (κ2) is 8.72. The largest absolute Gasteiger partial charge is 0.349 e. The summed E-state index contributed by atoms with van der Waals surface area (Å²) in [5.41, 5.74) is 0.911. The van der Waals surface area contributed by atoms with E-state index in [0.29, 0.717) is 12.8 Å². The third kappa shape index (κ3) is 4.63. The van der Waals surface area contributed by atoms with Crippen LogP contribution in [0.1, 0.15) is 36.9 Å². The van der Waals surface area contributed by atoms with Gasteiger partial charge >= 0.3 is 0 Å². The van der Waals surface area contributed by atoms with Crippen molar-refractivity contribution in [2.24, 2.45) is 5.92 Å². The van der Waals surface area contributed by atoms with E-state index < -0.39 is 10.0 Å². The summed E-state index contributed by atoms with van der Waals surface area (Å²) in [6.07, 6.45) is 0.797. The van der Waals surface area contributed by atoms with Crippen molar-refractivity contribution >= 4 is 15.9 Å². The smallest absolute Gasteiger partial charge is 0.244 e. The summed E-state index contributed by atoms with van der Waals surface area (Å²) in [5.74, 6) is -0.773. The highest BCUT2D eigenvalue weighted by Gasteiger charge is 2.33. The molecule has 1 N–H and O–H groups in total. The van der Waals surface area contributed by atoms with Crippen LogP contribution in [-0.2, 0) is 14.8 Å². The molecule has 0 bridgehead atoms. The molecule has 2 aromatic rings. The molecule has 0 saturated carbocycles. The molecular weight excluding hydrogens is 393 g/mol. The first-order valence-corrected chi connectivity index (χ1v) is 10.8. The summed E-state index contributed by atoms with van der Waals surface area (Å²) in [7, 11) is -3.78. The number of benzene rings is 2. The van der Waals surface area contributed by atoms with Crippen LogP contribution < -0.4 is 5.32 Å². The Labute approximate surface area is 170 Å². The molecule has 152 valence electrons. The van der Waals surface area contributed by atoms with Gasteiger partial charge in [-0.3, -0.25) is 4.79 Å². The molecule has 2 aromatic carbocycles. The van der Waals surface area contributed by atoms with Crippen LogP contribution in [0, 0.1) is 23.1 Å². The third-order valence-corrected chi connectivity index (χ3v) is 7.14. The SMILES string of the molecule is C[C@H](NC(=O)C1CCN(S(=O)(=O)c2ccccc2C#N)CC1)c1ccc(F)cc1. The van der Waals surface area contributed by atoms with Gasteiger partial charge < -0.3 is 5.32 Å². The summed E-state index contributed by atoms with van der Waals surface area (Å²) in [4.78, 5) is 12.6. The highest BCUT2D eigenvalue weighted by Crippen LogP contribution is 2.26. The number of piperidine rings is 1. The first kappa shape index (κ1) is 21.0. The van der Waals surface area contributed by atoms with Gasteiger partial charge in [0.15, 0.2) is 0 Å².